The van der Waals surface area contributed by atoms with Crippen LogP contribution in [0.2, 0.25) is 0 Å². The topological polar surface area (TPSA) is 66.4 Å². The summed E-state index contributed by atoms with van der Waals surface area (Å²) >= 11 is 0. The third-order valence-electron chi connectivity index (χ3n) is 3.55. The molecule has 0 aliphatic carbocycles. The Kier molecular flexibility index (Phi) is 5.35. The van der Waals surface area contributed by atoms with Gasteiger partial charge < -0.3 is 10.4 Å². The van der Waals surface area contributed by atoms with Crippen LogP contribution >= 0.6 is 0 Å². The maximum atomic E-state index is 12.1. The Morgan fingerprint density at radius 3 is 2.10 bits per heavy atom. The summed E-state index contributed by atoms with van der Waals surface area (Å²) in [4.78, 5) is 0. The molecule has 0 heterocycles. The van der Waals surface area contributed by atoms with Gasteiger partial charge in [0, 0.05) is 6.54 Å². The summed E-state index contributed by atoms with van der Waals surface area (Å²) in [7, 11) is -3.15. The van der Waals surface area contributed by atoms with Gasteiger partial charge in [0.2, 0.25) is 0 Å². The van der Waals surface area contributed by atoms with Gasteiger partial charge in [0.1, 0.15) is 0 Å². The van der Waals surface area contributed by atoms with E-state index in [1.54, 1.807) is 20.8 Å². The van der Waals surface area contributed by atoms with Crippen LogP contribution in [0.4, 0.5) is 0 Å². The molecule has 20 heavy (non-hydrogen) atoms. The van der Waals surface area contributed by atoms with Crippen LogP contribution < -0.4 is 5.32 Å². The first kappa shape index (κ1) is 17.1. The highest BCUT2D eigenvalue weighted by molar-refractivity contribution is 7.92. The first-order valence-corrected chi connectivity index (χ1v) is 8.41. The van der Waals surface area contributed by atoms with Crippen molar-refractivity contribution in [2.24, 2.45) is 0 Å². The van der Waals surface area contributed by atoms with Crippen LogP contribution in [0.1, 0.15) is 33.3 Å². The average Bonchev–Trinajstić information content (AvgIpc) is 2.38. The highest BCUT2D eigenvalue weighted by atomic mass is 32.2. The predicted octanol–water partition coefficient (Wildman–Crippen LogP) is 1.70. The highest BCUT2D eigenvalue weighted by Gasteiger charge is 2.30. The van der Waals surface area contributed by atoms with E-state index in [1.807, 2.05) is 37.3 Å². The molecule has 4 nitrogen and oxygen atoms in total. The first-order valence-electron chi connectivity index (χ1n) is 6.76. The van der Waals surface area contributed by atoms with Crippen LogP contribution in [0.5, 0.6) is 0 Å². The van der Waals surface area contributed by atoms with E-state index in [9.17, 15) is 13.5 Å². The second kappa shape index (κ2) is 6.24. The van der Waals surface area contributed by atoms with Crippen LogP contribution in [-0.2, 0) is 15.4 Å². The lowest BCUT2D eigenvalue weighted by molar-refractivity contribution is 0.177. The maximum absolute atomic E-state index is 12.1. The maximum Gasteiger partial charge on any atom is 0.156 e. The summed E-state index contributed by atoms with van der Waals surface area (Å²) in [5.41, 5.74) is 0.310. The van der Waals surface area contributed by atoms with Crippen LogP contribution in [-0.4, -0.2) is 37.2 Å². The van der Waals surface area contributed by atoms with Crippen LogP contribution in [0.15, 0.2) is 30.3 Å². The summed E-state index contributed by atoms with van der Waals surface area (Å²) in [5, 5.41) is 12.8. The minimum Gasteiger partial charge on any atom is -0.394 e. The Morgan fingerprint density at radius 2 is 1.65 bits per heavy atom. The Balaban J connectivity index is 2.73. The number of rotatable bonds is 6. The quantitative estimate of drug-likeness (QED) is 0.839. The van der Waals surface area contributed by atoms with Crippen LogP contribution in [0.25, 0.3) is 0 Å². The summed E-state index contributed by atoms with van der Waals surface area (Å²) in [6.07, 6.45) is 0. The van der Waals surface area contributed by atoms with Gasteiger partial charge >= 0.3 is 0 Å². The molecule has 1 atom stereocenters. The third kappa shape index (κ3) is 4.04. The van der Waals surface area contributed by atoms with Crippen molar-refractivity contribution in [3.05, 3.63) is 35.9 Å². The number of sulfone groups is 1. The van der Waals surface area contributed by atoms with Crippen molar-refractivity contribution in [2.45, 2.75) is 38.0 Å². The van der Waals surface area contributed by atoms with Crippen molar-refractivity contribution in [3.63, 3.8) is 0 Å². The molecule has 114 valence electrons. The molecule has 0 aliphatic rings. The smallest absolute Gasteiger partial charge is 0.156 e. The molecule has 0 saturated heterocycles. The van der Waals surface area contributed by atoms with Gasteiger partial charge in [0.05, 0.1) is 22.6 Å². The zero-order valence-corrected chi connectivity index (χ0v) is 13.5. The summed E-state index contributed by atoms with van der Waals surface area (Å²) in [6.45, 7) is 7.19. The van der Waals surface area contributed by atoms with E-state index < -0.39 is 20.1 Å². The average molecular weight is 299 g/mol. The number of benzene rings is 1. The molecular formula is C15H25NO3S. The lowest BCUT2D eigenvalue weighted by atomic mass is 9.93. The molecule has 0 radical (unpaired) electrons. The van der Waals surface area contributed by atoms with Crippen LogP contribution in [0.3, 0.4) is 0 Å². The molecular weight excluding hydrogens is 274 g/mol. The Hall–Kier alpha value is -0.910. The van der Waals surface area contributed by atoms with Gasteiger partial charge in [-0.05, 0) is 33.3 Å². The predicted molar refractivity (Wildman–Crippen MR) is 82.4 cm³/mol. The molecule has 0 spiro atoms. The summed E-state index contributed by atoms with van der Waals surface area (Å²) in [5.74, 6) is 0.0545. The monoisotopic (exact) mass is 299 g/mol. The second-order valence-corrected chi connectivity index (χ2v) is 9.08. The fraction of sp³-hybridized carbons (Fsp3) is 0.600. The SMILES string of the molecule is CC(CO)(NCCS(=O)(=O)C(C)(C)C)c1ccccc1. The van der Waals surface area contributed by atoms with Crippen molar-refractivity contribution >= 4 is 9.84 Å². The van der Waals surface area contributed by atoms with E-state index in [0.717, 1.165) is 5.56 Å². The summed E-state index contributed by atoms with van der Waals surface area (Å²) < 4.78 is 23.4. The van der Waals surface area contributed by atoms with Gasteiger partial charge in [0.15, 0.2) is 9.84 Å². The Labute approximate surface area is 122 Å². The molecule has 0 amide bonds. The zero-order valence-electron chi connectivity index (χ0n) is 12.7. The Bertz CT molecular complexity index is 520. The molecule has 2 N–H and O–H groups in total. The fourth-order valence-corrected chi connectivity index (χ4v) is 2.81. The van der Waals surface area contributed by atoms with Crippen molar-refractivity contribution in [1.82, 2.24) is 5.32 Å². The summed E-state index contributed by atoms with van der Waals surface area (Å²) in [6, 6.07) is 9.54. The molecule has 1 aromatic rings. The minimum atomic E-state index is -3.15. The van der Waals surface area contributed by atoms with Gasteiger partial charge in [-0.2, -0.15) is 0 Å². The number of hydrogen-bond acceptors (Lipinski definition) is 4. The zero-order chi connectivity index (χ0) is 15.4. The molecule has 0 fully saturated rings. The largest absolute Gasteiger partial charge is 0.394 e. The van der Waals surface area contributed by atoms with E-state index in [1.165, 1.54) is 0 Å². The van der Waals surface area contributed by atoms with Crippen molar-refractivity contribution in [1.29, 1.82) is 0 Å². The van der Waals surface area contributed by atoms with Gasteiger partial charge in [-0.3, -0.25) is 0 Å². The molecule has 1 aromatic carbocycles. The lowest BCUT2D eigenvalue weighted by Crippen LogP contribution is -2.46. The fourth-order valence-electron chi connectivity index (χ4n) is 1.82. The normalized spacial score (nSPS) is 15.8. The first-order chi connectivity index (χ1) is 9.12. The van der Waals surface area contributed by atoms with Crippen LogP contribution in [0, 0.1) is 0 Å². The second-order valence-electron chi connectivity index (χ2n) is 6.21. The third-order valence-corrected chi connectivity index (χ3v) is 6.15. The van der Waals surface area contributed by atoms with E-state index >= 15 is 0 Å². The molecule has 0 aromatic heterocycles. The standard InChI is InChI=1S/C15H25NO3S/c1-14(2,3)20(18,19)11-10-16-15(4,12-17)13-8-6-5-7-9-13/h5-9,16-17H,10-12H2,1-4H3. The molecule has 0 saturated carbocycles. The molecule has 5 heteroatoms. The van der Waals surface area contributed by atoms with Gasteiger partial charge in [-0.1, -0.05) is 30.3 Å². The van der Waals surface area contributed by atoms with E-state index in [-0.39, 0.29) is 12.4 Å². The molecule has 1 rings (SSSR count). The minimum absolute atomic E-state index is 0.0545. The Morgan fingerprint density at radius 1 is 1.10 bits per heavy atom. The number of aliphatic hydroxyl groups excluding tert-OH is 1. The number of nitrogens with one attached hydrogen (secondary N) is 1. The van der Waals surface area contributed by atoms with Gasteiger partial charge in [0.25, 0.3) is 0 Å². The van der Waals surface area contributed by atoms with Crippen molar-refractivity contribution in [3.8, 4) is 0 Å². The highest BCUT2D eigenvalue weighted by Crippen LogP contribution is 2.20. The van der Waals surface area contributed by atoms with Crippen molar-refractivity contribution in [2.75, 3.05) is 18.9 Å². The van der Waals surface area contributed by atoms with Crippen molar-refractivity contribution < 1.29 is 13.5 Å². The molecule has 1 unspecified atom stereocenters. The number of aliphatic hydroxyl groups is 1. The van der Waals surface area contributed by atoms with Gasteiger partial charge in [-0.25, -0.2) is 8.42 Å². The van der Waals surface area contributed by atoms with E-state index in [2.05, 4.69) is 5.32 Å². The molecule has 0 bridgehead atoms. The van der Waals surface area contributed by atoms with E-state index in [0.29, 0.717) is 6.54 Å². The number of hydrogen-bond donors (Lipinski definition) is 2. The lowest BCUT2D eigenvalue weighted by Gasteiger charge is -2.30. The van der Waals surface area contributed by atoms with Gasteiger partial charge in [-0.15, -0.1) is 0 Å². The molecule has 0 aliphatic heterocycles. The van der Waals surface area contributed by atoms with E-state index in [4.69, 9.17) is 0 Å².